The van der Waals surface area contributed by atoms with Crippen LogP contribution in [0.5, 0.6) is 0 Å². The Hall–Kier alpha value is -3.65. The van der Waals surface area contributed by atoms with Gasteiger partial charge in [-0.1, -0.05) is 48.0 Å². The lowest BCUT2D eigenvalue weighted by atomic mass is 10.00. The SMILES string of the molecule is Cc1ccc(CN2C(=O)O[C@H](c3cccc(NC(=O)c4cccs4)c3)[C@@H]2C(=O)NC2CC2)cc1. The number of ether oxygens (including phenoxy) is 1. The van der Waals surface area contributed by atoms with E-state index in [-0.39, 0.29) is 24.4 Å². The molecule has 2 aliphatic rings. The lowest BCUT2D eigenvalue weighted by molar-refractivity contribution is -0.126. The number of nitrogens with zero attached hydrogens (tertiary/aromatic N) is 1. The molecule has 2 N–H and O–H groups in total. The third-order valence-corrected chi connectivity index (χ3v) is 6.84. The average Bonchev–Trinajstić information content (AvgIpc) is 3.34. The molecule has 2 aromatic carbocycles. The molecule has 0 spiro atoms. The highest BCUT2D eigenvalue weighted by Gasteiger charge is 2.48. The summed E-state index contributed by atoms with van der Waals surface area (Å²) >= 11 is 1.36. The van der Waals surface area contributed by atoms with Gasteiger partial charge >= 0.3 is 6.09 Å². The van der Waals surface area contributed by atoms with Crippen LogP contribution in [-0.4, -0.2) is 34.9 Å². The fraction of sp³-hybridized carbons (Fsp3) is 0.269. The number of carbonyl (C=O) groups excluding carboxylic acids is 3. The third kappa shape index (κ3) is 4.82. The van der Waals surface area contributed by atoms with Crippen molar-refractivity contribution in [1.82, 2.24) is 10.2 Å². The summed E-state index contributed by atoms with van der Waals surface area (Å²) < 4.78 is 5.74. The lowest BCUT2D eigenvalue weighted by Crippen LogP contribution is -2.46. The molecule has 1 saturated carbocycles. The molecular weight excluding hydrogens is 450 g/mol. The summed E-state index contributed by atoms with van der Waals surface area (Å²) in [6.45, 7) is 2.27. The van der Waals surface area contributed by atoms with Gasteiger partial charge in [0.1, 0.15) is 0 Å². The molecule has 0 radical (unpaired) electrons. The molecule has 1 aliphatic carbocycles. The topological polar surface area (TPSA) is 87.7 Å². The second-order valence-electron chi connectivity index (χ2n) is 8.70. The van der Waals surface area contributed by atoms with Crippen LogP contribution in [0.3, 0.4) is 0 Å². The van der Waals surface area contributed by atoms with Gasteiger partial charge in [0.25, 0.3) is 5.91 Å². The molecule has 1 saturated heterocycles. The van der Waals surface area contributed by atoms with Crippen LogP contribution in [0, 0.1) is 6.92 Å². The van der Waals surface area contributed by atoms with Crippen LogP contribution in [-0.2, 0) is 16.1 Å². The van der Waals surface area contributed by atoms with Crippen molar-refractivity contribution < 1.29 is 19.1 Å². The lowest BCUT2D eigenvalue weighted by Gasteiger charge is -2.24. The highest BCUT2D eigenvalue weighted by molar-refractivity contribution is 7.12. The van der Waals surface area contributed by atoms with Gasteiger partial charge in [0.2, 0.25) is 5.91 Å². The van der Waals surface area contributed by atoms with Crippen LogP contribution in [0.15, 0.2) is 66.0 Å². The summed E-state index contributed by atoms with van der Waals surface area (Å²) in [5.74, 6) is -0.432. The van der Waals surface area contributed by atoms with E-state index in [1.54, 1.807) is 24.3 Å². The molecule has 1 aromatic heterocycles. The molecule has 3 aromatic rings. The molecule has 3 amide bonds. The normalized spacial score (nSPS) is 19.6. The van der Waals surface area contributed by atoms with Crippen molar-refractivity contribution in [1.29, 1.82) is 0 Å². The Bertz CT molecular complexity index is 1210. The van der Waals surface area contributed by atoms with E-state index >= 15 is 0 Å². The number of cyclic esters (lactones) is 1. The van der Waals surface area contributed by atoms with Crippen molar-refractivity contribution in [3.8, 4) is 0 Å². The summed E-state index contributed by atoms with van der Waals surface area (Å²) in [6.07, 6.45) is 0.574. The van der Waals surface area contributed by atoms with Crippen LogP contribution in [0.2, 0.25) is 0 Å². The Morgan fingerprint density at radius 1 is 1.09 bits per heavy atom. The van der Waals surface area contributed by atoms with E-state index in [1.807, 2.05) is 48.7 Å². The van der Waals surface area contributed by atoms with E-state index in [2.05, 4.69) is 10.6 Å². The summed E-state index contributed by atoms with van der Waals surface area (Å²) in [5, 5.41) is 7.75. The molecule has 2 heterocycles. The second kappa shape index (κ2) is 9.30. The molecule has 34 heavy (non-hydrogen) atoms. The van der Waals surface area contributed by atoms with Gasteiger partial charge in [0.05, 0.1) is 11.4 Å². The maximum Gasteiger partial charge on any atom is 0.411 e. The molecule has 2 atom stereocenters. The first kappa shape index (κ1) is 22.2. The number of hydrogen-bond donors (Lipinski definition) is 2. The van der Waals surface area contributed by atoms with E-state index < -0.39 is 18.2 Å². The third-order valence-electron chi connectivity index (χ3n) is 5.97. The van der Waals surface area contributed by atoms with E-state index in [0.717, 1.165) is 24.0 Å². The molecule has 174 valence electrons. The minimum Gasteiger partial charge on any atom is -0.438 e. The number of hydrogen-bond acceptors (Lipinski definition) is 5. The molecular formula is C26H25N3O4S. The predicted octanol–water partition coefficient (Wildman–Crippen LogP) is 4.65. The Labute approximate surface area is 201 Å². The zero-order valence-electron chi connectivity index (χ0n) is 18.7. The van der Waals surface area contributed by atoms with Crippen molar-refractivity contribution >= 4 is 34.9 Å². The zero-order valence-corrected chi connectivity index (χ0v) is 19.5. The minimum absolute atomic E-state index is 0.154. The monoisotopic (exact) mass is 475 g/mol. The smallest absolute Gasteiger partial charge is 0.411 e. The molecule has 5 rings (SSSR count). The van der Waals surface area contributed by atoms with Gasteiger partial charge in [-0.15, -0.1) is 11.3 Å². The highest BCUT2D eigenvalue weighted by Crippen LogP contribution is 2.35. The first-order valence-electron chi connectivity index (χ1n) is 11.3. The molecule has 2 fully saturated rings. The fourth-order valence-corrected chi connectivity index (χ4v) is 4.63. The number of rotatable bonds is 7. The fourth-order valence-electron chi connectivity index (χ4n) is 4.01. The molecule has 0 bridgehead atoms. The minimum atomic E-state index is -0.808. The number of anilines is 1. The number of thiophene rings is 1. The summed E-state index contributed by atoms with van der Waals surface area (Å²) in [5.41, 5.74) is 3.27. The first-order valence-corrected chi connectivity index (χ1v) is 12.1. The first-order chi connectivity index (χ1) is 16.5. The summed E-state index contributed by atoms with van der Waals surface area (Å²) in [6, 6.07) is 17.9. The Morgan fingerprint density at radius 2 is 1.88 bits per heavy atom. The van der Waals surface area contributed by atoms with Gasteiger partial charge in [-0.05, 0) is 54.5 Å². The Balaban J connectivity index is 1.41. The van der Waals surface area contributed by atoms with Crippen molar-refractivity contribution in [3.05, 3.63) is 87.6 Å². The molecule has 1 aliphatic heterocycles. The van der Waals surface area contributed by atoms with Crippen LogP contribution in [0.1, 0.15) is 45.3 Å². The summed E-state index contributed by atoms with van der Waals surface area (Å²) in [4.78, 5) is 40.7. The van der Waals surface area contributed by atoms with E-state index in [9.17, 15) is 14.4 Å². The molecule has 8 heteroatoms. The number of aryl methyl sites for hydroxylation is 1. The van der Waals surface area contributed by atoms with Crippen molar-refractivity contribution in [2.45, 2.75) is 44.5 Å². The van der Waals surface area contributed by atoms with Gasteiger partial charge in [-0.3, -0.25) is 14.5 Å². The number of amides is 3. The van der Waals surface area contributed by atoms with Gasteiger partial charge in [-0.2, -0.15) is 0 Å². The van der Waals surface area contributed by atoms with E-state index in [1.165, 1.54) is 16.2 Å². The van der Waals surface area contributed by atoms with Crippen LogP contribution < -0.4 is 10.6 Å². The van der Waals surface area contributed by atoms with E-state index in [4.69, 9.17) is 4.74 Å². The van der Waals surface area contributed by atoms with Gasteiger partial charge in [0, 0.05) is 11.7 Å². The number of carbonyl (C=O) groups is 3. The van der Waals surface area contributed by atoms with Gasteiger partial charge in [0.15, 0.2) is 12.1 Å². The summed E-state index contributed by atoms with van der Waals surface area (Å²) in [7, 11) is 0. The van der Waals surface area contributed by atoms with Crippen LogP contribution in [0.25, 0.3) is 0 Å². The Morgan fingerprint density at radius 3 is 2.59 bits per heavy atom. The van der Waals surface area contributed by atoms with Crippen LogP contribution in [0.4, 0.5) is 10.5 Å². The number of benzene rings is 2. The average molecular weight is 476 g/mol. The van der Waals surface area contributed by atoms with Gasteiger partial charge < -0.3 is 15.4 Å². The van der Waals surface area contributed by atoms with Crippen molar-refractivity contribution in [2.75, 3.05) is 5.32 Å². The molecule has 7 nitrogen and oxygen atoms in total. The second-order valence-corrected chi connectivity index (χ2v) is 9.65. The largest absolute Gasteiger partial charge is 0.438 e. The van der Waals surface area contributed by atoms with E-state index in [0.29, 0.717) is 16.1 Å². The molecule has 0 unspecified atom stereocenters. The number of nitrogens with one attached hydrogen (secondary N) is 2. The van der Waals surface area contributed by atoms with Crippen molar-refractivity contribution in [2.24, 2.45) is 0 Å². The standard InChI is InChI=1S/C26H25N3O4S/c1-16-7-9-17(10-8-16)15-29-22(25(31)27-19-11-12-19)23(33-26(29)32)18-4-2-5-20(14-18)28-24(30)21-6-3-13-34-21/h2-10,13-14,19,22-23H,11-12,15H2,1H3,(H,27,31)(H,28,30)/t22-,23-/m1/s1. The van der Waals surface area contributed by atoms with Gasteiger partial charge in [-0.25, -0.2) is 4.79 Å². The quantitative estimate of drug-likeness (QED) is 0.521. The maximum atomic E-state index is 13.2. The maximum absolute atomic E-state index is 13.2. The van der Waals surface area contributed by atoms with Crippen LogP contribution >= 0.6 is 11.3 Å². The predicted molar refractivity (Wildman–Crippen MR) is 130 cm³/mol. The zero-order chi connectivity index (χ0) is 23.7. The van der Waals surface area contributed by atoms with Crippen molar-refractivity contribution in [3.63, 3.8) is 0 Å². The highest BCUT2D eigenvalue weighted by atomic mass is 32.1. The Kier molecular flexibility index (Phi) is 6.06.